The number of ether oxygens (including phenoxy) is 1. The largest absolute Gasteiger partial charge is 0.493 e. The third kappa shape index (κ3) is 4.26. The molecule has 2 aromatic carbocycles. The summed E-state index contributed by atoms with van der Waals surface area (Å²) in [4.78, 5) is 19.2. The number of nitrogens with zero attached hydrogens (tertiary/aromatic N) is 2. The first-order chi connectivity index (χ1) is 17.2. The van der Waals surface area contributed by atoms with E-state index in [0.717, 1.165) is 24.6 Å². The molecular weight excluding hydrogens is 476 g/mol. The molecule has 6 nitrogen and oxygen atoms in total. The van der Waals surface area contributed by atoms with E-state index in [1.807, 2.05) is 4.90 Å². The number of halogens is 4. The maximum Gasteiger partial charge on any atom is 0.258 e. The van der Waals surface area contributed by atoms with Gasteiger partial charge in [-0.1, -0.05) is 6.92 Å². The van der Waals surface area contributed by atoms with Crippen LogP contribution in [0.4, 0.5) is 28.9 Å². The summed E-state index contributed by atoms with van der Waals surface area (Å²) in [7, 11) is 0. The molecule has 2 atom stereocenters. The summed E-state index contributed by atoms with van der Waals surface area (Å²) in [6.45, 7) is 3.48. The number of aromatic nitrogens is 1. The van der Waals surface area contributed by atoms with E-state index in [-0.39, 0.29) is 30.4 Å². The molecule has 5 rings (SSSR count). The third-order valence-electron chi connectivity index (χ3n) is 6.55. The van der Waals surface area contributed by atoms with Gasteiger partial charge in [0, 0.05) is 43.4 Å². The fraction of sp³-hybridized carbons (Fsp3) is 0.308. The minimum absolute atomic E-state index is 0.000629. The van der Waals surface area contributed by atoms with Crippen LogP contribution in [-0.4, -0.2) is 36.6 Å². The van der Waals surface area contributed by atoms with Crippen molar-refractivity contribution in [2.75, 3.05) is 29.9 Å². The molecule has 1 aromatic heterocycles. The molecule has 3 N–H and O–H groups in total. The van der Waals surface area contributed by atoms with Crippen molar-refractivity contribution in [3.8, 4) is 16.9 Å². The van der Waals surface area contributed by atoms with Gasteiger partial charge >= 0.3 is 0 Å². The van der Waals surface area contributed by atoms with Crippen LogP contribution in [0.5, 0.6) is 5.75 Å². The van der Waals surface area contributed by atoms with Crippen LogP contribution in [0.25, 0.3) is 11.1 Å². The standard InChI is InChI=1S/C26H24F4N4O2/c1-13-8-14(31)12-34(11-13)20-4-6-32-10-19(20)33-26(35)16-2-3-17(27)22(25(16)30)23-18(28)9-21-15(24(23)29)5-7-36-21/h2-4,6,9-10,13-14H,5,7-8,11-12,31H2,1H3,(H,33,35)/t13-,14+/m1/s1. The second-order valence-electron chi connectivity index (χ2n) is 9.26. The van der Waals surface area contributed by atoms with Crippen molar-refractivity contribution in [1.29, 1.82) is 0 Å². The summed E-state index contributed by atoms with van der Waals surface area (Å²) in [6, 6.07) is 4.31. The second-order valence-corrected chi connectivity index (χ2v) is 9.26. The molecule has 0 saturated carbocycles. The molecule has 1 saturated heterocycles. The molecule has 2 aliphatic rings. The fourth-order valence-electron chi connectivity index (χ4n) is 4.99. The Balaban J connectivity index is 1.50. The molecule has 10 heteroatoms. The average molecular weight is 500 g/mol. The Morgan fingerprint density at radius 2 is 1.89 bits per heavy atom. The number of amides is 1. The van der Waals surface area contributed by atoms with E-state index in [1.165, 1.54) is 6.20 Å². The zero-order valence-corrected chi connectivity index (χ0v) is 19.5. The van der Waals surface area contributed by atoms with Gasteiger partial charge in [0.05, 0.1) is 40.9 Å². The lowest BCUT2D eigenvalue weighted by molar-refractivity contribution is 0.102. The number of rotatable bonds is 4. The zero-order chi connectivity index (χ0) is 25.6. The second kappa shape index (κ2) is 9.42. The average Bonchev–Trinajstić information content (AvgIpc) is 3.29. The highest BCUT2D eigenvalue weighted by Gasteiger charge is 2.30. The van der Waals surface area contributed by atoms with Crippen LogP contribution >= 0.6 is 0 Å². The molecule has 2 aliphatic heterocycles. The van der Waals surface area contributed by atoms with E-state index in [4.69, 9.17) is 10.5 Å². The highest BCUT2D eigenvalue weighted by Crippen LogP contribution is 2.39. The molecule has 0 spiro atoms. The predicted octanol–water partition coefficient (Wildman–Crippen LogP) is 4.67. The molecule has 1 amide bonds. The van der Waals surface area contributed by atoms with Gasteiger partial charge in [0.25, 0.3) is 5.91 Å². The van der Waals surface area contributed by atoms with Crippen LogP contribution in [0, 0.1) is 29.2 Å². The molecule has 0 radical (unpaired) electrons. The first kappa shape index (κ1) is 24.1. The smallest absolute Gasteiger partial charge is 0.258 e. The molecule has 0 unspecified atom stereocenters. The number of carbonyl (C=O) groups excluding carboxylic acids is 1. The predicted molar refractivity (Wildman–Crippen MR) is 127 cm³/mol. The Bertz CT molecular complexity index is 1340. The van der Waals surface area contributed by atoms with E-state index >= 15 is 8.78 Å². The number of nitrogens with one attached hydrogen (secondary N) is 1. The van der Waals surface area contributed by atoms with Gasteiger partial charge in [0.2, 0.25) is 0 Å². The lowest BCUT2D eigenvalue weighted by atomic mass is 9.96. The first-order valence-electron chi connectivity index (χ1n) is 11.6. The van der Waals surface area contributed by atoms with E-state index in [0.29, 0.717) is 30.4 Å². The monoisotopic (exact) mass is 500 g/mol. The molecule has 36 heavy (non-hydrogen) atoms. The normalized spacial score (nSPS) is 19.1. The number of nitrogens with two attached hydrogens (primary N) is 1. The van der Waals surface area contributed by atoms with Crippen molar-refractivity contribution >= 4 is 17.3 Å². The minimum Gasteiger partial charge on any atom is -0.493 e. The third-order valence-corrected chi connectivity index (χ3v) is 6.55. The van der Waals surface area contributed by atoms with Crippen molar-refractivity contribution in [3.63, 3.8) is 0 Å². The summed E-state index contributed by atoms with van der Waals surface area (Å²) < 4.78 is 65.3. The van der Waals surface area contributed by atoms with Crippen LogP contribution in [0.3, 0.4) is 0 Å². The fourth-order valence-corrected chi connectivity index (χ4v) is 4.99. The van der Waals surface area contributed by atoms with Crippen LogP contribution < -0.4 is 20.7 Å². The Hall–Kier alpha value is -3.66. The molecule has 0 aliphatic carbocycles. The SMILES string of the molecule is C[C@@H]1C[C@H](N)CN(c2ccncc2NC(=O)c2ccc(F)c(-c3c(F)cc4c(c3F)CCO4)c2F)C1. The van der Waals surface area contributed by atoms with Gasteiger partial charge in [-0.05, 0) is 30.5 Å². The Morgan fingerprint density at radius 1 is 1.11 bits per heavy atom. The van der Waals surface area contributed by atoms with Gasteiger partial charge in [0.1, 0.15) is 29.0 Å². The van der Waals surface area contributed by atoms with Crippen molar-refractivity contribution in [3.05, 3.63) is 71.1 Å². The van der Waals surface area contributed by atoms with Crippen molar-refractivity contribution in [2.24, 2.45) is 11.7 Å². The summed E-state index contributed by atoms with van der Waals surface area (Å²) >= 11 is 0. The van der Waals surface area contributed by atoms with Gasteiger partial charge in [-0.2, -0.15) is 0 Å². The van der Waals surface area contributed by atoms with Gasteiger partial charge in [-0.3, -0.25) is 9.78 Å². The van der Waals surface area contributed by atoms with E-state index < -0.39 is 45.9 Å². The van der Waals surface area contributed by atoms with Gasteiger partial charge in [0.15, 0.2) is 0 Å². The summed E-state index contributed by atoms with van der Waals surface area (Å²) in [6.07, 6.45) is 3.99. The summed E-state index contributed by atoms with van der Waals surface area (Å²) in [5.74, 6) is -5.45. The number of piperidine rings is 1. The molecule has 0 bridgehead atoms. The van der Waals surface area contributed by atoms with Gasteiger partial charge < -0.3 is 20.7 Å². The Labute approximate surface area is 205 Å². The maximum absolute atomic E-state index is 15.5. The molecule has 3 heterocycles. The quantitative estimate of drug-likeness (QED) is 0.509. The summed E-state index contributed by atoms with van der Waals surface area (Å²) in [5.41, 5.74) is 4.76. The van der Waals surface area contributed by atoms with Gasteiger partial charge in [-0.25, -0.2) is 17.6 Å². The maximum atomic E-state index is 15.5. The number of hydrogen-bond acceptors (Lipinski definition) is 5. The van der Waals surface area contributed by atoms with Crippen molar-refractivity contribution in [1.82, 2.24) is 4.98 Å². The molecular formula is C26H24F4N4O2. The van der Waals surface area contributed by atoms with Crippen molar-refractivity contribution < 1.29 is 27.1 Å². The number of carbonyl (C=O) groups is 1. The summed E-state index contributed by atoms with van der Waals surface area (Å²) in [5, 5.41) is 2.61. The van der Waals surface area contributed by atoms with Crippen LogP contribution in [0.1, 0.15) is 29.3 Å². The molecule has 3 aromatic rings. The highest BCUT2D eigenvalue weighted by atomic mass is 19.1. The zero-order valence-electron chi connectivity index (χ0n) is 19.5. The van der Waals surface area contributed by atoms with Crippen LogP contribution in [0.2, 0.25) is 0 Å². The highest BCUT2D eigenvalue weighted by molar-refractivity contribution is 6.06. The molecule has 188 valence electrons. The Morgan fingerprint density at radius 3 is 2.67 bits per heavy atom. The number of anilines is 2. The minimum atomic E-state index is -1.37. The van der Waals surface area contributed by atoms with Crippen LogP contribution in [0.15, 0.2) is 36.7 Å². The van der Waals surface area contributed by atoms with Gasteiger partial charge in [-0.15, -0.1) is 0 Å². The number of fused-ring (bicyclic) bond motifs is 1. The Kier molecular flexibility index (Phi) is 6.29. The number of pyridine rings is 1. The number of hydrogen-bond donors (Lipinski definition) is 2. The lowest BCUT2D eigenvalue weighted by Crippen LogP contribution is -2.46. The number of benzene rings is 2. The topological polar surface area (TPSA) is 80.5 Å². The van der Waals surface area contributed by atoms with Crippen molar-refractivity contribution in [2.45, 2.75) is 25.8 Å². The molecule has 1 fully saturated rings. The lowest BCUT2D eigenvalue weighted by Gasteiger charge is -2.37. The van der Waals surface area contributed by atoms with Crippen LogP contribution in [-0.2, 0) is 6.42 Å². The van der Waals surface area contributed by atoms with E-state index in [2.05, 4.69) is 17.2 Å². The van der Waals surface area contributed by atoms with E-state index in [9.17, 15) is 13.6 Å². The first-order valence-corrected chi connectivity index (χ1v) is 11.6. The van der Waals surface area contributed by atoms with E-state index in [1.54, 1.807) is 12.3 Å².